The number of benzene rings is 1. The predicted molar refractivity (Wildman–Crippen MR) is 82.7 cm³/mol. The molecule has 0 bridgehead atoms. The highest BCUT2D eigenvalue weighted by Gasteiger charge is 2.31. The van der Waals surface area contributed by atoms with Gasteiger partial charge in [-0.05, 0) is 31.4 Å². The molecule has 0 saturated heterocycles. The number of nitrogens with one attached hydrogen (secondary N) is 1. The van der Waals surface area contributed by atoms with Crippen molar-refractivity contribution in [1.82, 2.24) is 14.9 Å². The van der Waals surface area contributed by atoms with Crippen LogP contribution in [-0.4, -0.2) is 21.0 Å². The average Bonchev–Trinajstić information content (AvgIpc) is 2.92. The van der Waals surface area contributed by atoms with Gasteiger partial charge in [0, 0.05) is 11.9 Å². The molecule has 0 amide bonds. The van der Waals surface area contributed by atoms with Crippen molar-refractivity contribution in [1.29, 1.82) is 5.26 Å². The van der Waals surface area contributed by atoms with E-state index in [1.165, 1.54) is 17.0 Å². The van der Waals surface area contributed by atoms with Crippen molar-refractivity contribution in [3.05, 3.63) is 42.0 Å². The molecule has 0 fully saturated rings. The minimum Gasteiger partial charge on any atom is -0.306 e. The summed E-state index contributed by atoms with van der Waals surface area (Å²) in [4.78, 5) is 8.05. The van der Waals surface area contributed by atoms with Gasteiger partial charge < -0.3 is 4.57 Å². The van der Waals surface area contributed by atoms with Gasteiger partial charge in [-0.1, -0.05) is 11.8 Å². The van der Waals surface area contributed by atoms with E-state index in [0.717, 1.165) is 23.9 Å². The van der Waals surface area contributed by atoms with Gasteiger partial charge in [0.25, 0.3) is 0 Å². The van der Waals surface area contributed by atoms with Crippen LogP contribution in [0.1, 0.15) is 11.3 Å². The lowest BCUT2D eigenvalue weighted by molar-refractivity contribution is -0.137. The summed E-state index contributed by atoms with van der Waals surface area (Å²) in [5.74, 6) is 0. The second-order valence-corrected chi connectivity index (χ2v) is 5.31. The standard InChI is InChI=1S/C14H12F3N5S/c1-9-6-22(8-20-9)12-4-10(14(15,16)17)3-11(5-12)21-13(23-2)19-7-18/h3-6,8H,1-2H3,(H,19,21). The van der Waals surface area contributed by atoms with Gasteiger partial charge in [-0.2, -0.15) is 18.4 Å². The number of amidine groups is 1. The molecule has 0 aliphatic rings. The van der Waals surface area contributed by atoms with Gasteiger partial charge in [-0.25, -0.2) is 9.98 Å². The summed E-state index contributed by atoms with van der Waals surface area (Å²) in [7, 11) is 0. The SMILES string of the molecule is CSC(=Nc1cc(-n2cnc(C)c2)cc(C(F)(F)F)c1)NC#N. The quantitative estimate of drug-likeness (QED) is 0.393. The third-order valence-corrected chi connectivity index (χ3v) is 3.41. The summed E-state index contributed by atoms with van der Waals surface area (Å²) < 4.78 is 40.8. The fraction of sp³-hybridized carbons (Fsp3) is 0.214. The molecular weight excluding hydrogens is 327 g/mol. The maximum Gasteiger partial charge on any atom is 0.416 e. The number of thioether (sulfide) groups is 1. The smallest absolute Gasteiger partial charge is 0.306 e. The Hall–Kier alpha value is -2.47. The molecule has 0 aliphatic carbocycles. The third kappa shape index (κ3) is 4.26. The van der Waals surface area contributed by atoms with Gasteiger partial charge in [-0.3, -0.25) is 5.32 Å². The molecule has 1 aromatic heterocycles. The van der Waals surface area contributed by atoms with Crippen LogP contribution in [0.15, 0.2) is 35.7 Å². The minimum atomic E-state index is -4.50. The van der Waals surface area contributed by atoms with Crippen LogP contribution in [0, 0.1) is 18.4 Å². The van der Waals surface area contributed by atoms with Crippen molar-refractivity contribution in [3.63, 3.8) is 0 Å². The fourth-order valence-electron chi connectivity index (χ4n) is 1.82. The van der Waals surface area contributed by atoms with E-state index >= 15 is 0 Å². The molecule has 1 heterocycles. The zero-order valence-corrected chi connectivity index (χ0v) is 13.0. The average molecular weight is 339 g/mol. The van der Waals surface area contributed by atoms with Crippen LogP contribution >= 0.6 is 11.8 Å². The number of aryl methyl sites for hydroxylation is 1. The first-order valence-corrected chi connectivity index (χ1v) is 7.57. The van der Waals surface area contributed by atoms with E-state index < -0.39 is 11.7 Å². The molecule has 120 valence electrons. The predicted octanol–water partition coefficient (Wildman–Crippen LogP) is 3.62. The van der Waals surface area contributed by atoms with Crippen LogP contribution in [-0.2, 0) is 6.18 Å². The molecule has 1 aromatic carbocycles. The van der Waals surface area contributed by atoms with E-state index in [1.807, 2.05) is 0 Å². The summed E-state index contributed by atoms with van der Waals surface area (Å²) in [6.45, 7) is 1.74. The zero-order valence-electron chi connectivity index (χ0n) is 12.2. The molecule has 0 unspecified atom stereocenters. The van der Waals surface area contributed by atoms with Gasteiger partial charge in [0.05, 0.1) is 23.3 Å². The monoisotopic (exact) mass is 339 g/mol. The van der Waals surface area contributed by atoms with E-state index in [1.54, 1.807) is 25.6 Å². The van der Waals surface area contributed by atoms with Gasteiger partial charge in [-0.15, -0.1) is 0 Å². The molecule has 2 aromatic rings. The van der Waals surface area contributed by atoms with Crippen molar-refractivity contribution in [2.24, 2.45) is 4.99 Å². The topological polar surface area (TPSA) is 66.0 Å². The van der Waals surface area contributed by atoms with Gasteiger partial charge in [0.2, 0.25) is 0 Å². The summed E-state index contributed by atoms with van der Waals surface area (Å²) >= 11 is 1.12. The van der Waals surface area contributed by atoms with Crippen LogP contribution in [0.25, 0.3) is 5.69 Å². The Labute approximate surface area is 134 Å². The van der Waals surface area contributed by atoms with Crippen LogP contribution in [0.5, 0.6) is 0 Å². The normalized spacial score (nSPS) is 12.1. The zero-order chi connectivity index (χ0) is 17.0. The molecule has 0 spiro atoms. The number of halogens is 3. The first-order chi connectivity index (χ1) is 10.8. The highest BCUT2D eigenvalue weighted by Crippen LogP contribution is 2.34. The first kappa shape index (κ1) is 16.9. The van der Waals surface area contributed by atoms with Crippen LogP contribution in [0.2, 0.25) is 0 Å². The molecule has 9 heteroatoms. The number of nitriles is 1. The molecule has 0 atom stereocenters. The molecule has 5 nitrogen and oxygen atoms in total. The van der Waals surface area contributed by atoms with E-state index in [9.17, 15) is 13.2 Å². The van der Waals surface area contributed by atoms with Crippen molar-refractivity contribution >= 4 is 22.6 Å². The highest BCUT2D eigenvalue weighted by atomic mass is 32.2. The molecule has 0 aliphatic heterocycles. The summed E-state index contributed by atoms with van der Waals surface area (Å²) in [6.07, 6.45) is 1.91. The second-order valence-electron chi connectivity index (χ2n) is 4.52. The van der Waals surface area contributed by atoms with Crippen molar-refractivity contribution in [2.75, 3.05) is 6.26 Å². The number of rotatable bonds is 2. The number of hydrogen-bond donors (Lipinski definition) is 1. The van der Waals surface area contributed by atoms with Gasteiger partial charge >= 0.3 is 6.18 Å². The summed E-state index contributed by atoms with van der Waals surface area (Å²) in [6, 6.07) is 3.45. The number of nitrogens with zero attached hydrogens (tertiary/aromatic N) is 4. The molecular formula is C14H12F3N5S. The Bertz CT molecular complexity index is 773. The number of hydrogen-bond acceptors (Lipinski definition) is 4. The number of aromatic nitrogens is 2. The number of imidazole rings is 1. The second kappa shape index (κ2) is 6.75. The Morgan fingerprint density at radius 3 is 2.65 bits per heavy atom. The minimum absolute atomic E-state index is 0.0910. The van der Waals surface area contributed by atoms with Crippen molar-refractivity contribution in [3.8, 4) is 11.9 Å². The van der Waals surface area contributed by atoms with Crippen LogP contribution in [0.3, 0.4) is 0 Å². The van der Waals surface area contributed by atoms with Gasteiger partial charge in [0.1, 0.15) is 0 Å². The lowest BCUT2D eigenvalue weighted by Crippen LogP contribution is -2.12. The van der Waals surface area contributed by atoms with E-state index in [-0.39, 0.29) is 16.5 Å². The fourth-order valence-corrected chi connectivity index (χ4v) is 2.17. The number of aliphatic imine (C=N–C) groups is 1. The lowest BCUT2D eigenvalue weighted by atomic mass is 10.1. The van der Waals surface area contributed by atoms with Crippen LogP contribution in [0.4, 0.5) is 18.9 Å². The Kier molecular flexibility index (Phi) is 4.95. The molecule has 1 N–H and O–H groups in total. The maximum absolute atomic E-state index is 13.1. The third-order valence-electron chi connectivity index (χ3n) is 2.83. The molecule has 0 saturated carbocycles. The van der Waals surface area contributed by atoms with E-state index in [0.29, 0.717) is 5.69 Å². The lowest BCUT2D eigenvalue weighted by Gasteiger charge is -2.11. The molecule has 0 radical (unpaired) electrons. The van der Waals surface area contributed by atoms with Crippen LogP contribution < -0.4 is 5.32 Å². The largest absolute Gasteiger partial charge is 0.416 e. The molecule has 23 heavy (non-hydrogen) atoms. The maximum atomic E-state index is 13.1. The van der Waals surface area contributed by atoms with Gasteiger partial charge in [0.15, 0.2) is 11.4 Å². The highest BCUT2D eigenvalue weighted by molar-refractivity contribution is 8.13. The van der Waals surface area contributed by atoms with E-state index in [2.05, 4.69) is 15.3 Å². The summed E-state index contributed by atoms with van der Waals surface area (Å²) in [5.41, 5.74) is 0.241. The first-order valence-electron chi connectivity index (χ1n) is 6.34. The summed E-state index contributed by atoms with van der Waals surface area (Å²) in [5, 5.41) is 11.1. The Balaban J connectivity index is 2.56. The number of alkyl halides is 3. The van der Waals surface area contributed by atoms with Crippen molar-refractivity contribution in [2.45, 2.75) is 13.1 Å². The Morgan fingerprint density at radius 1 is 1.39 bits per heavy atom. The van der Waals surface area contributed by atoms with E-state index in [4.69, 9.17) is 5.26 Å². The molecule has 2 rings (SSSR count). The Morgan fingerprint density at radius 2 is 2.13 bits per heavy atom. The van der Waals surface area contributed by atoms with Crippen molar-refractivity contribution < 1.29 is 13.2 Å².